The second kappa shape index (κ2) is 7.02. The van der Waals surface area contributed by atoms with Gasteiger partial charge in [0.25, 0.3) is 0 Å². The second-order valence-electron chi connectivity index (χ2n) is 5.36. The molecule has 0 unspecified atom stereocenters. The molecule has 0 atom stereocenters. The van der Waals surface area contributed by atoms with Crippen LogP contribution in [0.1, 0.15) is 22.8 Å². The molecule has 1 heterocycles. The molecule has 3 aromatic rings. The molecule has 1 N–H and O–H groups in total. The molecule has 0 radical (unpaired) electrons. The van der Waals surface area contributed by atoms with E-state index in [4.69, 9.17) is 4.74 Å². The fourth-order valence-corrected chi connectivity index (χ4v) is 2.62. The smallest absolute Gasteiger partial charge is 0.205 e. The van der Waals surface area contributed by atoms with E-state index in [1.807, 2.05) is 25.1 Å². The molecule has 0 amide bonds. The lowest BCUT2D eigenvalue weighted by Gasteiger charge is -2.07. The van der Waals surface area contributed by atoms with Crippen LogP contribution < -0.4 is 4.74 Å². The van der Waals surface area contributed by atoms with Crippen molar-refractivity contribution >= 4 is 22.8 Å². The quantitative estimate of drug-likeness (QED) is 0.424. The van der Waals surface area contributed by atoms with Gasteiger partial charge in [-0.2, -0.15) is 5.26 Å². The van der Waals surface area contributed by atoms with Crippen molar-refractivity contribution in [3.05, 3.63) is 71.2 Å². The molecule has 124 valence electrons. The lowest BCUT2D eigenvalue weighted by atomic mass is 10.0. The zero-order valence-corrected chi connectivity index (χ0v) is 13.5. The van der Waals surface area contributed by atoms with Crippen LogP contribution >= 0.6 is 0 Å². The van der Waals surface area contributed by atoms with Gasteiger partial charge in [-0.3, -0.25) is 4.79 Å². The number of nitrogens with zero attached hydrogens (tertiary/aromatic N) is 1. The molecule has 0 bridgehead atoms. The number of carbonyl (C=O) groups excluding carboxylic acids is 1. The Morgan fingerprint density at radius 3 is 2.88 bits per heavy atom. The van der Waals surface area contributed by atoms with Crippen LogP contribution in [-0.2, 0) is 0 Å². The molecule has 1 aromatic heterocycles. The summed E-state index contributed by atoms with van der Waals surface area (Å²) >= 11 is 0. The van der Waals surface area contributed by atoms with Gasteiger partial charge in [0.1, 0.15) is 23.2 Å². The Balaban J connectivity index is 2.03. The number of Topliss-reactive ketones (excluding diaryl/α,β-unsaturated/α-hetero) is 1. The van der Waals surface area contributed by atoms with Gasteiger partial charge < -0.3 is 9.72 Å². The van der Waals surface area contributed by atoms with E-state index in [-0.39, 0.29) is 5.57 Å². The minimum Gasteiger partial charge on any atom is -0.493 e. The van der Waals surface area contributed by atoms with Gasteiger partial charge in [0.05, 0.1) is 6.61 Å². The van der Waals surface area contributed by atoms with Crippen LogP contribution in [0.25, 0.3) is 17.0 Å². The van der Waals surface area contributed by atoms with Crippen molar-refractivity contribution in [1.29, 1.82) is 5.26 Å². The van der Waals surface area contributed by atoms with E-state index in [0.717, 1.165) is 0 Å². The summed E-state index contributed by atoms with van der Waals surface area (Å²) in [7, 11) is 0. The van der Waals surface area contributed by atoms with E-state index in [2.05, 4.69) is 4.98 Å². The number of carbonyl (C=O) groups is 1. The third kappa shape index (κ3) is 3.29. The number of ketones is 1. The Bertz CT molecular complexity index is 1010. The van der Waals surface area contributed by atoms with Gasteiger partial charge >= 0.3 is 0 Å². The number of allylic oxidation sites excluding steroid dienone is 1. The predicted molar refractivity (Wildman–Crippen MR) is 93.8 cm³/mol. The van der Waals surface area contributed by atoms with Crippen molar-refractivity contribution in [1.82, 2.24) is 4.98 Å². The van der Waals surface area contributed by atoms with Gasteiger partial charge in [-0.25, -0.2) is 4.39 Å². The summed E-state index contributed by atoms with van der Waals surface area (Å²) in [5, 5.41) is 10.0. The van der Waals surface area contributed by atoms with Crippen LogP contribution in [0.15, 0.2) is 54.2 Å². The van der Waals surface area contributed by atoms with Crippen LogP contribution in [0.3, 0.4) is 0 Å². The SMILES string of the molecule is CCOc1ccccc1C=C(C#N)C(=O)c1c[nH]c2cc(F)ccc12. The Morgan fingerprint density at radius 1 is 1.32 bits per heavy atom. The number of benzene rings is 2. The van der Waals surface area contributed by atoms with E-state index >= 15 is 0 Å². The highest BCUT2D eigenvalue weighted by atomic mass is 19.1. The summed E-state index contributed by atoms with van der Waals surface area (Å²) in [5.41, 5.74) is 1.48. The van der Waals surface area contributed by atoms with Crippen molar-refractivity contribution in [3.8, 4) is 11.8 Å². The first-order valence-corrected chi connectivity index (χ1v) is 7.79. The van der Waals surface area contributed by atoms with Gasteiger partial charge in [0.2, 0.25) is 5.78 Å². The number of hydrogen-bond acceptors (Lipinski definition) is 3. The van der Waals surface area contributed by atoms with Gasteiger partial charge in [0, 0.05) is 28.2 Å². The molecule has 4 nitrogen and oxygen atoms in total. The predicted octanol–water partition coefficient (Wildman–Crippen LogP) is 4.50. The molecule has 3 rings (SSSR count). The Morgan fingerprint density at radius 2 is 2.12 bits per heavy atom. The maximum atomic E-state index is 13.3. The molecular formula is C20H15FN2O2. The summed E-state index contributed by atoms with van der Waals surface area (Å²) < 4.78 is 18.8. The van der Waals surface area contributed by atoms with E-state index in [0.29, 0.717) is 34.4 Å². The van der Waals surface area contributed by atoms with Crippen molar-refractivity contribution in [2.45, 2.75) is 6.92 Å². The molecule has 0 saturated heterocycles. The maximum absolute atomic E-state index is 13.3. The normalized spacial score (nSPS) is 11.3. The van der Waals surface area contributed by atoms with E-state index in [9.17, 15) is 14.4 Å². The standard InChI is InChI=1S/C20H15FN2O2/c1-2-25-19-6-4-3-5-13(19)9-14(11-22)20(24)17-12-23-18-10-15(21)7-8-16(17)18/h3-10,12,23H,2H2,1H3. The highest BCUT2D eigenvalue weighted by Gasteiger charge is 2.17. The summed E-state index contributed by atoms with van der Waals surface area (Å²) in [6.07, 6.45) is 3.00. The van der Waals surface area contributed by atoms with Crippen molar-refractivity contribution in [2.24, 2.45) is 0 Å². The Hall–Kier alpha value is -3.39. The van der Waals surface area contributed by atoms with Crippen LogP contribution in [0, 0.1) is 17.1 Å². The van der Waals surface area contributed by atoms with Crippen molar-refractivity contribution in [2.75, 3.05) is 6.61 Å². The molecule has 2 aromatic carbocycles. The van der Waals surface area contributed by atoms with Crippen molar-refractivity contribution < 1.29 is 13.9 Å². The van der Waals surface area contributed by atoms with Crippen LogP contribution in [0.5, 0.6) is 5.75 Å². The Kier molecular flexibility index (Phi) is 4.62. The first-order valence-electron chi connectivity index (χ1n) is 7.79. The molecule has 0 aliphatic rings. The van der Waals surface area contributed by atoms with Crippen molar-refractivity contribution in [3.63, 3.8) is 0 Å². The fourth-order valence-electron chi connectivity index (χ4n) is 2.62. The highest BCUT2D eigenvalue weighted by molar-refractivity contribution is 6.19. The molecule has 0 fully saturated rings. The second-order valence-corrected chi connectivity index (χ2v) is 5.36. The van der Waals surface area contributed by atoms with Crippen LogP contribution in [-0.4, -0.2) is 17.4 Å². The average Bonchev–Trinajstić information content (AvgIpc) is 3.03. The van der Waals surface area contributed by atoms with Crippen LogP contribution in [0.4, 0.5) is 4.39 Å². The topological polar surface area (TPSA) is 65.9 Å². The van der Waals surface area contributed by atoms with Gasteiger partial charge in [-0.1, -0.05) is 18.2 Å². The monoisotopic (exact) mass is 334 g/mol. The molecule has 25 heavy (non-hydrogen) atoms. The van der Waals surface area contributed by atoms with Crippen LogP contribution in [0.2, 0.25) is 0 Å². The fraction of sp³-hybridized carbons (Fsp3) is 0.100. The summed E-state index contributed by atoms with van der Waals surface area (Å²) in [4.78, 5) is 15.6. The van der Waals surface area contributed by atoms with Gasteiger partial charge in [-0.15, -0.1) is 0 Å². The number of aromatic nitrogens is 1. The third-order valence-electron chi connectivity index (χ3n) is 3.77. The molecule has 0 aliphatic heterocycles. The number of nitriles is 1. The largest absolute Gasteiger partial charge is 0.493 e. The summed E-state index contributed by atoms with van der Waals surface area (Å²) in [6, 6.07) is 13.3. The number of ether oxygens (including phenoxy) is 1. The first-order chi connectivity index (χ1) is 12.1. The van der Waals surface area contributed by atoms with E-state index in [1.54, 1.807) is 12.1 Å². The van der Waals surface area contributed by atoms with E-state index < -0.39 is 11.6 Å². The minimum atomic E-state index is -0.424. The zero-order chi connectivity index (χ0) is 17.8. The number of fused-ring (bicyclic) bond motifs is 1. The lowest BCUT2D eigenvalue weighted by Crippen LogP contribution is -2.02. The van der Waals surface area contributed by atoms with Gasteiger partial charge in [0.15, 0.2) is 0 Å². The van der Waals surface area contributed by atoms with E-state index in [1.165, 1.54) is 30.5 Å². The molecule has 0 aliphatic carbocycles. The summed E-state index contributed by atoms with van der Waals surface area (Å²) in [5.74, 6) is -0.215. The zero-order valence-electron chi connectivity index (χ0n) is 13.5. The Labute approximate surface area is 144 Å². The maximum Gasteiger partial charge on any atom is 0.205 e. The minimum absolute atomic E-state index is 0.0163. The number of para-hydroxylation sites is 1. The number of halogens is 1. The third-order valence-corrected chi connectivity index (χ3v) is 3.77. The molecule has 0 saturated carbocycles. The van der Waals surface area contributed by atoms with Gasteiger partial charge in [-0.05, 0) is 37.3 Å². The highest BCUT2D eigenvalue weighted by Crippen LogP contribution is 2.25. The number of H-pyrrole nitrogens is 1. The number of rotatable bonds is 5. The number of aromatic amines is 1. The molecule has 5 heteroatoms. The number of nitrogens with one attached hydrogen (secondary N) is 1. The molecule has 0 spiro atoms. The number of hydrogen-bond donors (Lipinski definition) is 1. The average molecular weight is 334 g/mol. The lowest BCUT2D eigenvalue weighted by molar-refractivity contribution is 0.104. The summed E-state index contributed by atoms with van der Waals surface area (Å²) in [6.45, 7) is 2.34. The first kappa shape index (κ1) is 16.5. The molecular weight excluding hydrogens is 319 g/mol.